The zero-order valence-electron chi connectivity index (χ0n) is 10.1. The van der Waals surface area contributed by atoms with E-state index in [9.17, 15) is 0 Å². The van der Waals surface area contributed by atoms with Crippen LogP contribution in [-0.2, 0) is 4.74 Å². The lowest BCUT2D eigenvalue weighted by molar-refractivity contribution is 0.000502. The molecule has 0 amide bonds. The van der Waals surface area contributed by atoms with E-state index in [1.165, 1.54) is 0 Å². The van der Waals surface area contributed by atoms with Crippen LogP contribution in [-0.4, -0.2) is 37.4 Å². The molecule has 1 N–H and O–H groups in total. The van der Waals surface area contributed by atoms with Crippen LogP contribution >= 0.6 is 0 Å². The lowest BCUT2D eigenvalue weighted by Crippen LogP contribution is -2.41. The molecule has 0 aliphatic carbocycles. The fourth-order valence-corrected chi connectivity index (χ4v) is 2.10. The van der Waals surface area contributed by atoms with Crippen LogP contribution in [0.4, 0.5) is 0 Å². The topological polar surface area (TPSA) is 43.4 Å². The molecule has 1 unspecified atom stereocenters. The number of aromatic nitrogens is 1. The van der Waals surface area contributed by atoms with Gasteiger partial charge in [0.15, 0.2) is 0 Å². The van der Waals surface area contributed by atoms with Crippen molar-refractivity contribution in [3.05, 3.63) is 36.5 Å². The van der Waals surface area contributed by atoms with Crippen LogP contribution in [0.25, 0.3) is 10.9 Å². The van der Waals surface area contributed by atoms with Crippen LogP contribution in [0.3, 0.4) is 0 Å². The zero-order chi connectivity index (χ0) is 12.2. The van der Waals surface area contributed by atoms with Crippen molar-refractivity contribution in [3.8, 4) is 5.75 Å². The molecule has 2 aromatic rings. The summed E-state index contributed by atoms with van der Waals surface area (Å²) in [7, 11) is 0. The fourth-order valence-electron chi connectivity index (χ4n) is 2.10. The van der Waals surface area contributed by atoms with Crippen molar-refractivity contribution in [1.29, 1.82) is 0 Å². The van der Waals surface area contributed by atoms with Gasteiger partial charge in [0, 0.05) is 24.7 Å². The van der Waals surface area contributed by atoms with Gasteiger partial charge in [-0.3, -0.25) is 4.98 Å². The lowest BCUT2D eigenvalue weighted by Gasteiger charge is -2.23. The van der Waals surface area contributed by atoms with Gasteiger partial charge in [-0.05, 0) is 18.2 Å². The van der Waals surface area contributed by atoms with E-state index in [1.54, 1.807) is 6.20 Å². The van der Waals surface area contributed by atoms with Crippen LogP contribution in [0.2, 0.25) is 0 Å². The number of benzene rings is 1. The minimum Gasteiger partial charge on any atom is -0.490 e. The number of morpholine rings is 1. The molecular weight excluding hydrogens is 228 g/mol. The smallest absolute Gasteiger partial charge is 0.130 e. The number of nitrogens with one attached hydrogen (secondary N) is 1. The van der Waals surface area contributed by atoms with Crippen molar-refractivity contribution in [2.75, 3.05) is 26.3 Å². The average Bonchev–Trinajstić information content (AvgIpc) is 2.46. The number of rotatable bonds is 3. The lowest BCUT2D eigenvalue weighted by atomic mass is 10.2. The van der Waals surface area contributed by atoms with Gasteiger partial charge in [0.25, 0.3) is 0 Å². The molecule has 4 heteroatoms. The Hall–Kier alpha value is -1.65. The molecule has 0 radical (unpaired) electrons. The molecule has 18 heavy (non-hydrogen) atoms. The minimum atomic E-state index is 0.130. The highest BCUT2D eigenvalue weighted by molar-refractivity contribution is 5.84. The molecule has 1 aromatic carbocycles. The van der Waals surface area contributed by atoms with E-state index < -0.39 is 0 Å². The maximum absolute atomic E-state index is 5.85. The third-order valence-corrected chi connectivity index (χ3v) is 3.04. The summed E-state index contributed by atoms with van der Waals surface area (Å²) in [4.78, 5) is 4.31. The summed E-state index contributed by atoms with van der Waals surface area (Å²) < 4.78 is 11.5. The van der Waals surface area contributed by atoms with Gasteiger partial charge < -0.3 is 14.8 Å². The largest absolute Gasteiger partial charge is 0.490 e. The van der Waals surface area contributed by atoms with E-state index in [-0.39, 0.29) is 6.10 Å². The maximum Gasteiger partial charge on any atom is 0.130 e. The predicted octanol–water partition coefficient (Wildman–Crippen LogP) is 1.60. The summed E-state index contributed by atoms with van der Waals surface area (Å²) in [6.07, 6.45) is 1.91. The molecule has 1 aliphatic heterocycles. The van der Waals surface area contributed by atoms with Crippen LogP contribution in [0.15, 0.2) is 36.5 Å². The van der Waals surface area contributed by atoms with E-state index in [0.29, 0.717) is 6.61 Å². The Labute approximate surface area is 106 Å². The van der Waals surface area contributed by atoms with Crippen molar-refractivity contribution in [2.24, 2.45) is 0 Å². The number of ether oxygens (including phenoxy) is 2. The third kappa shape index (κ3) is 2.44. The quantitative estimate of drug-likeness (QED) is 0.890. The molecule has 1 fully saturated rings. The van der Waals surface area contributed by atoms with Crippen LogP contribution in [0, 0.1) is 0 Å². The van der Waals surface area contributed by atoms with Crippen LogP contribution in [0.1, 0.15) is 0 Å². The molecule has 0 spiro atoms. The maximum atomic E-state index is 5.85. The van der Waals surface area contributed by atoms with E-state index in [0.717, 1.165) is 36.3 Å². The predicted molar refractivity (Wildman–Crippen MR) is 69.8 cm³/mol. The zero-order valence-corrected chi connectivity index (χ0v) is 10.1. The van der Waals surface area contributed by atoms with Gasteiger partial charge in [0.05, 0.1) is 12.1 Å². The molecule has 4 nitrogen and oxygen atoms in total. The minimum absolute atomic E-state index is 0.130. The Balaban J connectivity index is 1.74. The number of pyridine rings is 1. The molecular formula is C14H16N2O2. The van der Waals surface area contributed by atoms with Gasteiger partial charge in [-0.25, -0.2) is 0 Å². The monoisotopic (exact) mass is 244 g/mol. The van der Waals surface area contributed by atoms with Gasteiger partial charge in [-0.2, -0.15) is 0 Å². The molecule has 0 saturated carbocycles. The highest BCUT2D eigenvalue weighted by atomic mass is 16.5. The molecule has 3 rings (SSSR count). The van der Waals surface area contributed by atoms with Gasteiger partial charge in [-0.1, -0.05) is 12.1 Å². The second kappa shape index (κ2) is 5.33. The number of hydrogen-bond donors (Lipinski definition) is 1. The first-order valence-electron chi connectivity index (χ1n) is 6.22. The summed E-state index contributed by atoms with van der Waals surface area (Å²) in [5.41, 5.74) is 0.956. The third-order valence-electron chi connectivity index (χ3n) is 3.04. The Morgan fingerprint density at radius 1 is 1.33 bits per heavy atom. The Bertz CT molecular complexity index is 519. The molecule has 0 bridgehead atoms. The van der Waals surface area contributed by atoms with E-state index >= 15 is 0 Å². The molecule has 2 heterocycles. The Kier molecular flexibility index (Phi) is 3.39. The first-order valence-corrected chi connectivity index (χ1v) is 6.22. The van der Waals surface area contributed by atoms with Gasteiger partial charge >= 0.3 is 0 Å². The summed E-state index contributed by atoms with van der Waals surface area (Å²) in [6, 6.07) is 9.89. The number of nitrogens with zero attached hydrogens (tertiary/aromatic N) is 1. The normalized spacial score (nSPS) is 19.9. The van der Waals surface area contributed by atoms with Crippen molar-refractivity contribution >= 4 is 10.9 Å². The summed E-state index contributed by atoms with van der Waals surface area (Å²) in [5.74, 6) is 0.870. The number of para-hydroxylation sites is 1. The highest BCUT2D eigenvalue weighted by Gasteiger charge is 2.14. The first kappa shape index (κ1) is 11.4. The summed E-state index contributed by atoms with van der Waals surface area (Å²) in [6.45, 7) is 3.10. The Morgan fingerprint density at radius 2 is 2.28 bits per heavy atom. The average molecular weight is 244 g/mol. The van der Waals surface area contributed by atoms with Crippen molar-refractivity contribution in [1.82, 2.24) is 10.3 Å². The highest BCUT2D eigenvalue weighted by Crippen LogP contribution is 2.23. The summed E-state index contributed by atoms with van der Waals surface area (Å²) >= 11 is 0. The fraction of sp³-hybridized carbons (Fsp3) is 0.357. The van der Waals surface area contributed by atoms with Gasteiger partial charge in [0.2, 0.25) is 0 Å². The second-order valence-electron chi connectivity index (χ2n) is 4.33. The molecule has 94 valence electrons. The van der Waals surface area contributed by atoms with E-state index in [2.05, 4.69) is 10.3 Å². The van der Waals surface area contributed by atoms with Crippen molar-refractivity contribution < 1.29 is 9.47 Å². The number of fused-ring (bicyclic) bond motifs is 1. The first-order chi connectivity index (χ1) is 8.93. The van der Waals surface area contributed by atoms with Crippen molar-refractivity contribution in [3.63, 3.8) is 0 Å². The summed E-state index contributed by atoms with van der Waals surface area (Å²) in [5, 5.41) is 4.34. The molecule has 1 saturated heterocycles. The van der Waals surface area contributed by atoms with E-state index in [1.807, 2.05) is 30.3 Å². The van der Waals surface area contributed by atoms with Gasteiger partial charge in [0.1, 0.15) is 18.5 Å². The molecule has 1 aromatic heterocycles. The SMILES string of the molecule is c1ccc2c(OCC3CNCCO3)ccnc2c1. The standard InChI is InChI=1S/C14H16N2O2/c1-2-4-13-12(3-1)14(5-6-16-13)18-10-11-9-15-7-8-17-11/h1-6,11,15H,7-10H2. The van der Waals surface area contributed by atoms with E-state index in [4.69, 9.17) is 9.47 Å². The molecule has 1 aliphatic rings. The second-order valence-corrected chi connectivity index (χ2v) is 4.33. The molecule has 1 atom stereocenters. The van der Waals surface area contributed by atoms with Crippen LogP contribution < -0.4 is 10.1 Å². The Morgan fingerprint density at radius 3 is 3.17 bits per heavy atom. The number of hydrogen-bond acceptors (Lipinski definition) is 4. The van der Waals surface area contributed by atoms with Crippen molar-refractivity contribution in [2.45, 2.75) is 6.10 Å². The van der Waals surface area contributed by atoms with Gasteiger partial charge in [-0.15, -0.1) is 0 Å². The van der Waals surface area contributed by atoms with Crippen LogP contribution in [0.5, 0.6) is 5.75 Å².